The van der Waals surface area contributed by atoms with Gasteiger partial charge in [0.15, 0.2) is 0 Å². The molecule has 148 valence electrons. The second kappa shape index (κ2) is 7.99. The van der Waals surface area contributed by atoms with Crippen molar-refractivity contribution in [1.29, 1.82) is 0 Å². The van der Waals surface area contributed by atoms with Crippen LogP contribution in [0, 0.1) is 5.82 Å². The van der Waals surface area contributed by atoms with E-state index in [-0.39, 0.29) is 24.1 Å². The molecule has 1 aromatic heterocycles. The summed E-state index contributed by atoms with van der Waals surface area (Å²) in [6.07, 6.45) is 1.60. The van der Waals surface area contributed by atoms with Crippen LogP contribution in [0.15, 0.2) is 54.6 Å². The highest BCUT2D eigenvalue weighted by molar-refractivity contribution is 5.97. The van der Waals surface area contributed by atoms with Gasteiger partial charge < -0.3 is 10.6 Å². The third-order valence-electron chi connectivity index (χ3n) is 5.50. The summed E-state index contributed by atoms with van der Waals surface area (Å²) in [5.41, 5.74) is 8.28. The monoisotopic (exact) mass is 391 g/mol. The minimum absolute atomic E-state index is 0.0179. The Balaban J connectivity index is 1.48. The Hall–Kier alpha value is -3.28. The molecule has 1 fully saturated rings. The lowest BCUT2D eigenvalue weighted by molar-refractivity contribution is -0.131. The van der Waals surface area contributed by atoms with Gasteiger partial charge in [-0.25, -0.2) is 4.39 Å². The number of piperidine rings is 1. The molecular weight excluding hydrogens is 369 g/mol. The van der Waals surface area contributed by atoms with Crippen LogP contribution in [-0.4, -0.2) is 34.8 Å². The number of amides is 2. The number of carbonyl (C=O) groups excluding carboxylic acids is 2. The number of nitrogens with two attached hydrogens (primary N) is 1. The van der Waals surface area contributed by atoms with Crippen LogP contribution in [0.3, 0.4) is 0 Å². The summed E-state index contributed by atoms with van der Waals surface area (Å²) in [6, 6.07) is 15.6. The zero-order valence-corrected chi connectivity index (χ0v) is 16.0. The van der Waals surface area contributed by atoms with E-state index in [0.717, 1.165) is 10.9 Å². The Labute approximate surface area is 168 Å². The number of hydrogen-bond donors (Lipinski definition) is 1. The van der Waals surface area contributed by atoms with Crippen LogP contribution >= 0.6 is 0 Å². The molecule has 1 saturated heterocycles. The standard InChI is InChI=1S/C23H22FN3O2/c24-18-6-3-4-15(12-18)13-21(28)27-10-8-16(9-11-27)22-19(23(25)29)14-17-5-1-2-7-20(17)26-22/h1-7,12,14,16H,8-11,13H2,(H2,25,29). The van der Waals surface area contributed by atoms with Gasteiger partial charge in [0.1, 0.15) is 5.82 Å². The fourth-order valence-corrected chi connectivity index (χ4v) is 3.98. The van der Waals surface area contributed by atoms with Crippen molar-refractivity contribution in [1.82, 2.24) is 9.88 Å². The number of halogens is 1. The topological polar surface area (TPSA) is 76.3 Å². The Bertz CT molecular complexity index is 1070. The number of para-hydroxylation sites is 1. The van der Waals surface area contributed by atoms with Gasteiger partial charge in [0.25, 0.3) is 5.91 Å². The van der Waals surface area contributed by atoms with Crippen molar-refractivity contribution < 1.29 is 14.0 Å². The van der Waals surface area contributed by atoms with E-state index in [1.54, 1.807) is 17.0 Å². The molecule has 1 aliphatic heterocycles. The average Bonchev–Trinajstić information content (AvgIpc) is 2.73. The lowest BCUT2D eigenvalue weighted by Gasteiger charge is -2.32. The molecule has 0 radical (unpaired) electrons. The maximum atomic E-state index is 13.3. The minimum Gasteiger partial charge on any atom is -0.366 e. The molecule has 0 unspecified atom stereocenters. The van der Waals surface area contributed by atoms with Crippen molar-refractivity contribution in [2.75, 3.05) is 13.1 Å². The molecule has 29 heavy (non-hydrogen) atoms. The smallest absolute Gasteiger partial charge is 0.250 e. The van der Waals surface area contributed by atoms with Crippen LogP contribution in [0.1, 0.15) is 40.4 Å². The molecule has 0 aliphatic carbocycles. The number of carbonyl (C=O) groups is 2. The molecule has 2 N–H and O–H groups in total. The SMILES string of the molecule is NC(=O)c1cc2ccccc2nc1C1CCN(C(=O)Cc2cccc(F)c2)CC1. The number of fused-ring (bicyclic) bond motifs is 1. The molecule has 0 atom stereocenters. The van der Waals surface area contributed by atoms with E-state index in [0.29, 0.717) is 42.8 Å². The summed E-state index contributed by atoms with van der Waals surface area (Å²) >= 11 is 0. The van der Waals surface area contributed by atoms with Crippen LogP contribution < -0.4 is 5.73 Å². The molecule has 0 bridgehead atoms. The van der Waals surface area contributed by atoms with Crippen molar-refractivity contribution in [2.45, 2.75) is 25.2 Å². The van der Waals surface area contributed by atoms with Crippen LogP contribution in [-0.2, 0) is 11.2 Å². The first-order valence-electron chi connectivity index (χ1n) is 9.73. The van der Waals surface area contributed by atoms with Crippen molar-refractivity contribution >= 4 is 22.7 Å². The molecule has 2 aromatic carbocycles. The Kier molecular flexibility index (Phi) is 5.25. The van der Waals surface area contributed by atoms with Gasteiger partial charge in [-0.1, -0.05) is 30.3 Å². The lowest BCUT2D eigenvalue weighted by atomic mass is 9.89. The number of nitrogens with zero attached hydrogens (tertiary/aromatic N) is 2. The number of hydrogen-bond acceptors (Lipinski definition) is 3. The van der Waals surface area contributed by atoms with E-state index in [1.165, 1.54) is 12.1 Å². The van der Waals surface area contributed by atoms with E-state index >= 15 is 0 Å². The lowest BCUT2D eigenvalue weighted by Crippen LogP contribution is -2.39. The van der Waals surface area contributed by atoms with Crippen LogP contribution in [0.2, 0.25) is 0 Å². The Morgan fingerprint density at radius 3 is 2.55 bits per heavy atom. The van der Waals surface area contributed by atoms with Gasteiger partial charge in [0.05, 0.1) is 23.2 Å². The van der Waals surface area contributed by atoms with Crippen molar-refractivity contribution in [2.24, 2.45) is 5.73 Å². The summed E-state index contributed by atoms with van der Waals surface area (Å²) in [5.74, 6) is -0.769. The zero-order chi connectivity index (χ0) is 20.4. The molecule has 2 heterocycles. The van der Waals surface area contributed by atoms with E-state index in [1.807, 2.05) is 30.3 Å². The first-order chi connectivity index (χ1) is 14.0. The van der Waals surface area contributed by atoms with Gasteiger partial charge in [0, 0.05) is 24.4 Å². The van der Waals surface area contributed by atoms with Gasteiger partial charge in [-0.05, 0) is 42.7 Å². The molecule has 3 aromatic rings. The Morgan fingerprint density at radius 1 is 1.07 bits per heavy atom. The van der Waals surface area contributed by atoms with E-state index in [2.05, 4.69) is 0 Å². The number of rotatable bonds is 4. The number of primary amides is 1. The molecule has 6 heteroatoms. The number of pyridine rings is 1. The van der Waals surface area contributed by atoms with Crippen LogP contribution in [0.5, 0.6) is 0 Å². The predicted octanol–water partition coefficient (Wildman–Crippen LogP) is 3.42. The predicted molar refractivity (Wildman–Crippen MR) is 109 cm³/mol. The number of likely N-dealkylation sites (tertiary alicyclic amines) is 1. The fourth-order valence-electron chi connectivity index (χ4n) is 3.98. The largest absolute Gasteiger partial charge is 0.366 e. The van der Waals surface area contributed by atoms with Gasteiger partial charge in [0.2, 0.25) is 5.91 Å². The van der Waals surface area contributed by atoms with Gasteiger partial charge in [-0.2, -0.15) is 0 Å². The normalized spacial score (nSPS) is 14.9. The summed E-state index contributed by atoms with van der Waals surface area (Å²) in [5, 5.41) is 0.882. The van der Waals surface area contributed by atoms with Crippen molar-refractivity contribution in [3.8, 4) is 0 Å². The zero-order valence-electron chi connectivity index (χ0n) is 16.0. The van der Waals surface area contributed by atoms with Gasteiger partial charge in [-0.3, -0.25) is 14.6 Å². The second-order valence-electron chi connectivity index (χ2n) is 7.44. The highest BCUT2D eigenvalue weighted by Crippen LogP contribution is 2.31. The second-order valence-corrected chi connectivity index (χ2v) is 7.44. The summed E-state index contributed by atoms with van der Waals surface area (Å²) in [6.45, 7) is 1.15. The minimum atomic E-state index is -0.483. The molecule has 4 rings (SSSR count). The quantitative estimate of drug-likeness (QED) is 0.740. The summed E-state index contributed by atoms with van der Waals surface area (Å²) in [4.78, 5) is 31.1. The highest BCUT2D eigenvalue weighted by atomic mass is 19.1. The van der Waals surface area contributed by atoms with Gasteiger partial charge >= 0.3 is 0 Å². The van der Waals surface area contributed by atoms with Crippen molar-refractivity contribution in [3.63, 3.8) is 0 Å². The maximum Gasteiger partial charge on any atom is 0.250 e. The summed E-state index contributed by atoms with van der Waals surface area (Å²) in [7, 11) is 0. The molecule has 2 amide bonds. The average molecular weight is 391 g/mol. The molecule has 0 saturated carbocycles. The van der Waals surface area contributed by atoms with Crippen LogP contribution in [0.4, 0.5) is 4.39 Å². The van der Waals surface area contributed by atoms with Gasteiger partial charge in [-0.15, -0.1) is 0 Å². The number of benzene rings is 2. The van der Waals surface area contributed by atoms with Crippen molar-refractivity contribution in [3.05, 3.63) is 77.2 Å². The molecule has 0 spiro atoms. The number of aromatic nitrogens is 1. The Morgan fingerprint density at radius 2 is 1.83 bits per heavy atom. The summed E-state index contributed by atoms with van der Waals surface area (Å²) < 4.78 is 13.3. The van der Waals surface area contributed by atoms with E-state index in [4.69, 9.17) is 10.7 Å². The first kappa shape index (κ1) is 19.1. The molecular formula is C23H22FN3O2. The molecule has 5 nitrogen and oxygen atoms in total. The van der Waals surface area contributed by atoms with E-state index in [9.17, 15) is 14.0 Å². The van der Waals surface area contributed by atoms with E-state index < -0.39 is 5.91 Å². The maximum absolute atomic E-state index is 13.3. The third-order valence-corrected chi connectivity index (χ3v) is 5.50. The third kappa shape index (κ3) is 4.11. The first-order valence-corrected chi connectivity index (χ1v) is 9.73. The highest BCUT2D eigenvalue weighted by Gasteiger charge is 2.27. The molecule has 1 aliphatic rings. The fraction of sp³-hybridized carbons (Fsp3) is 0.261. The van der Waals surface area contributed by atoms with Crippen LogP contribution in [0.25, 0.3) is 10.9 Å².